The van der Waals surface area contributed by atoms with Crippen molar-refractivity contribution in [3.05, 3.63) is 72.3 Å². The van der Waals surface area contributed by atoms with E-state index in [1.54, 1.807) is 6.92 Å². The quantitative estimate of drug-likeness (QED) is 0.433. The SMILES string of the molecule is C=C(C)C(=O)OC(C)(C)c1ccc([Te]c2ccccc2)cc1. The molecule has 0 aliphatic carbocycles. The van der Waals surface area contributed by atoms with Crippen LogP contribution in [-0.2, 0) is 15.1 Å². The van der Waals surface area contributed by atoms with Crippen molar-refractivity contribution in [1.82, 2.24) is 0 Å². The summed E-state index contributed by atoms with van der Waals surface area (Å²) in [5.41, 5.74) is 0.758. The topological polar surface area (TPSA) is 26.3 Å². The molecule has 0 heterocycles. The molecule has 0 aliphatic heterocycles. The van der Waals surface area contributed by atoms with Crippen LogP contribution in [0.1, 0.15) is 26.3 Å². The van der Waals surface area contributed by atoms with Crippen LogP contribution in [0.15, 0.2) is 66.7 Å². The van der Waals surface area contributed by atoms with Crippen LogP contribution in [0.4, 0.5) is 0 Å². The summed E-state index contributed by atoms with van der Waals surface area (Å²) in [6.07, 6.45) is 0. The molecule has 0 aliphatic rings. The molecular weight excluding hydrogens is 388 g/mol. The van der Waals surface area contributed by atoms with Crippen LogP contribution >= 0.6 is 0 Å². The Morgan fingerprint density at radius 2 is 1.55 bits per heavy atom. The molecule has 3 heteroatoms. The number of rotatable bonds is 5. The molecule has 0 atom stereocenters. The van der Waals surface area contributed by atoms with Gasteiger partial charge in [-0.3, -0.25) is 0 Å². The van der Waals surface area contributed by atoms with Crippen LogP contribution < -0.4 is 7.22 Å². The molecule has 0 unspecified atom stereocenters. The van der Waals surface area contributed by atoms with Gasteiger partial charge in [0.2, 0.25) is 0 Å². The Morgan fingerprint density at radius 3 is 2.09 bits per heavy atom. The minimum absolute atomic E-state index is 0.355. The van der Waals surface area contributed by atoms with Crippen molar-refractivity contribution in [1.29, 1.82) is 0 Å². The minimum atomic E-state index is -0.651. The first-order valence-electron chi connectivity index (χ1n) is 7.11. The second kappa shape index (κ2) is 7.13. The molecule has 2 nitrogen and oxygen atoms in total. The maximum atomic E-state index is 11.7. The number of carbonyl (C=O) groups is 1. The number of benzene rings is 2. The van der Waals surface area contributed by atoms with E-state index in [0.29, 0.717) is 5.57 Å². The van der Waals surface area contributed by atoms with Gasteiger partial charge in [-0.05, 0) is 0 Å². The van der Waals surface area contributed by atoms with Gasteiger partial charge in [-0.25, -0.2) is 0 Å². The first-order chi connectivity index (χ1) is 10.4. The van der Waals surface area contributed by atoms with Crippen LogP contribution in [0.25, 0.3) is 0 Å². The Balaban J connectivity index is 2.11. The van der Waals surface area contributed by atoms with Crippen molar-refractivity contribution in [2.45, 2.75) is 26.4 Å². The Bertz CT molecular complexity index is 658. The van der Waals surface area contributed by atoms with Gasteiger partial charge >= 0.3 is 142 Å². The van der Waals surface area contributed by atoms with Gasteiger partial charge in [0.05, 0.1) is 0 Å². The predicted octanol–water partition coefficient (Wildman–Crippen LogP) is 2.70. The molecule has 22 heavy (non-hydrogen) atoms. The molecule has 0 radical (unpaired) electrons. The van der Waals surface area contributed by atoms with E-state index in [9.17, 15) is 4.79 Å². The van der Waals surface area contributed by atoms with E-state index in [-0.39, 0.29) is 26.9 Å². The third-order valence-corrected chi connectivity index (χ3v) is 6.12. The summed E-state index contributed by atoms with van der Waals surface area (Å²) in [5, 5.41) is 0. The number of hydrogen-bond acceptors (Lipinski definition) is 2. The maximum absolute atomic E-state index is 11.7. The molecule has 0 bridgehead atoms. The molecule has 0 fully saturated rings. The Morgan fingerprint density at radius 1 is 1.00 bits per heavy atom. The average Bonchev–Trinajstić information content (AvgIpc) is 2.48. The van der Waals surface area contributed by atoms with Crippen LogP contribution in [0.5, 0.6) is 0 Å². The van der Waals surface area contributed by atoms with Gasteiger partial charge in [-0.15, -0.1) is 0 Å². The molecule has 0 N–H and O–H groups in total. The molecule has 2 aromatic carbocycles. The second-order valence-electron chi connectivity index (χ2n) is 5.62. The summed E-state index contributed by atoms with van der Waals surface area (Å²) in [5.74, 6) is -0.355. The van der Waals surface area contributed by atoms with E-state index in [1.165, 1.54) is 7.22 Å². The number of esters is 1. The van der Waals surface area contributed by atoms with Gasteiger partial charge in [0.25, 0.3) is 0 Å². The second-order valence-corrected chi connectivity index (χ2v) is 8.89. The molecule has 0 spiro atoms. The van der Waals surface area contributed by atoms with Gasteiger partial charge in [0.1, 0.15) is 0 Å². The summed E-state index contributed by atoms with van der Waals surface area (Å²) in [7, 11) is 0. The zero-order chi connectivity index (χ0) is 16.2. The molecule has 0 saturated heterocycles. The Hall–Kier alpha value is -1.56. The van der Waals surface area contributed by atoms with E-state index >= 15 is 0 Å². The van der Waals surface area contributed by atoms with E-state index in [2.05, 4.69) is 55.1 Å². The zero-order valence-electron chi connectivity index (χ0n) is 13.1. The fraction of sp³-hybridized carbons (Fsp3) is 0.211. The van der Waals surface area contributed by atoms with Gasteiger partial charge in [-0.1, -0.05) is 0 Å². The summed E-state index contributed by atoms with van der Waals surface area (Å²) in [6, 6.07) is 18.9. The molecule has 0 saturated carbocycles. The van der Waals surface area contributed by atoms with Gasteiger partial charge < -0.3 is 0 Å². The van der Waals surface area contributed by atoms with E-state index in [1.807, 2.05) is 19.9 Å². The van der Waals surface area contributed by atoms with E-state index in [0.717, 1.165) is 5.56 Å². The van der Waals surface area contributed by atoms with Crippen molar-refractivity contribution in [3.63, 3.8) is 0 Å². The molecule has 2 aromatic rings. The standard InChI is InChI=1S/C19H20O2Te/c1-14(2)18(20)21-19(3,4)15-10-12-17(13-11-15)22-16-8-6-5-7-9-16/h5-13H,1H2,2-4H3. The molecule has 114 valence electrons. The van der Waals surface area contributed by atoms with E-state index < -0.39 is 5.60 Å². The summed E-state index contributed by atoms with van der Waals surface area (Å²) < 4.78 is 8.29. The van der Waals surface area contributed by atoms with Crippen molar-refractivity contribution in [3.8, 4) is 0 Å². The number of carbonyl (C=O) groups excluding carboxylic acids is 1. The first-order valence-corrected chi connectivity index (χ1v) is 9.44. The monoisotopic (exact) mass is 410 g/mol. The van der Waals surface area contributed by atoms with Crippen LogP contribution in [0.3, 0.4) is 0 Å². The zero-order valence-corrected chi connectivity index (χ0v) is 15.5. The van der Waals surface area contributed by atoms with Crippen LogP contribution in [-0.4, -0.2) is 26.9 Å². The Kier molecular flexibility index (Phi) is 5.45. The fourth-order valence-corrected chi connectivity index (χ4v) is 4.32. The van der Waals surface area contributed by atoms with Crippen LogP contribution in [0.2, 0.25) is 0 Å². The van der Waals surface area contributed by atoms with Crippen molar-refractivity contribution in [2.75, 3.05) is 0 Å². The number of hydrogen-bond donors (Lipinski definition) is 0. The molecule has 0 amide bonds. The average molecular weight is 408 g/mol. The third-order valence-electron chi connectivity index (χ3n) is 3.22. The molecule has 0 aromatic heterocycles. The fourth-order valence-electron chi connectivity index (χ4n) is 1.93. The summed E-state index contributed by atoms with van der Waals surface area (Å²) >= 11 is -0.364. The summed E-state index contributed by atoms with van der Waals surface area (Å²) in [6.45, 7) is 9.08. The first kappa shape index (κ1) is 16.8. The van der Waals surface area contributed by atoms with Crippen LogP contribution in [0, 0.1) is 0 Å². The van der Waals surface area contributed by atoms with Gasteiger partial charge in [-0.2, -0.15) is 0 Å². The van der Waals surface area contributed by atoms with Crippen molar-refractivity contribution >= 4 is 34.1 Å². The summed E-state index contributed by atoms with van der Waals surface area (Å²) in [4.78, 5) is 11.7. The van der Waals surface area contributed by atoms with Crippen molar-refractivity contribution in [2.24, 2.45) is 0 Å². The van der Waals surface area contributed by atoms with E-state index in [4.69, 9.17) is 4.74 Å². The normalized spacial score (nSPS) is 11.0. The molecular formula is C19H20O2Te. The molecule has 2 rings (SSSR count). The van der Waals surface area contributed by atoms with Crippen molar-refractivity contribution < 1.29 is 9.53 Å². The third kappa shape index (κ3) is 4.47. The van der Waals surface area contributed by atoms with Gasteiger partial charge in [0.15, 0.2) is 0 Å². The predicted molar refractivity (Wildman–Crippen MR) is 91.8 cm³/mol. The number of ether oxygens (including phenoxy) is 1. The van der Waals surface area contributed by atoms with Gasteiger partial charge in [0, 0.05) is 0 Å². The Labute approximate surface area is 142 Å².